The maximum Gasteiger partial charge on any atom is 0.230 e. The van der Waals surface area contributed by atoms with Gasteiger partial charge in [0.15, 0.2) is 0 Å². The second-order valence-electron chi connectivity index (χ2n) is 5.02. The zero-order valence-electron chi connectivity index (χ0n) is 12.1. The van der Waals surface area contributed by atoms with E-state index in [1.54, 1.807) is 16.9 Å². The third-order valence-corrected chi connectivity index (χ3v) is 3.62. The van der Waals surface area contributed by atoms with Crippen LogP contribution >= 0.6 is 24.8 Å². The zero-order valence-corrected chi connectivity index (χ0v) is 13.7. The molecule has 2 aromatic heterocycles. The molecule has 6 nitrogen and oxygen atoms in total. The zero-order chi connectivity index (χ0) is 13.9. The number of amides is 1. The molecule has 22 heavy (non-hydrogen) atoms. The summed E-state index contributed by atoms with van der Waals surface area (Å²) in [6, 6.07) is 5.47. The number of aromatic nitrogens is 3. The van der Waals surface area contributed by atoms with Crippen LogP contribution in [0.25, 0.3) is 0 Å². The molecule has 2 atom stereocenters. The van der Waals surface area contributed by atoms with Gasteiger partial charge in [-0.05, 0) is 17.7 Å². The SMILES string of the molecule is Cl.Cl.Cn1cc([C@H]2CNC[C@@H]2C(=O)Nc2ccccn2)cn1. The highest BCUT2D eigenvalue weighted by Crippen LogP contribution is 2.28. The highest BCUT2D eigenvalue weighted by atomic mass is 35.5. The molecule has 3 rings (SSSR count). The fourth-order valence-corrected chi connectivity index (χ4v) is 2.59. The van der Waals surface area contributed by atoms with Crippen molar-refractivity contribution in [2.24, 2.45) is 13.0 Å². The highest BCUT2D eigenvalue weighted by Gasteiger charge is 2.34. The van der Waals surface area contributed by atoms with Gasteiger partial charge in [-0.3, -0.25) is 9.48 Å². The van der Waals surface area contributed by atoms with E-state index in [2.05, 4.69) is 20.7 Å². The molecule has 2 N–H and O–H groups in total. The number of nitrogens with one attached hydrogen (secondary N) is 2. The Morgan fingerprint density at radius 1 is 1.36 bits per heavy atom. The molecule has 0 aliphatic carbocycles. The average molecular weight is 344 g/mol. The van der Waals surface area contributed by atoms with Gasteiger partial charge in [0, 0.05) is 38.4 Å². The minimum Gasteiger partial charge on any atom is -0.315 e. The fourth-order valence-electron chi connectivity index (χ4n) is 2.59. The smallest absolute Gasteiger partial charge is 0.230 e. The third kappa shape index (κ3) is 3.97. The van der Waals surface area contributed by atoms with Crippen molar-refractivity contribution in [1.82, 2.24) is 20.1 Å². The van der Waals surface area contributed by atoms with Crippen LogP contribution in [0.4, 0.5) is 5.82 Å². The Balaban J connectivity index is 0.00000121. The lowest BCUT2D eigenvalue weighted by atomic mass is 9.90. The van der Waals surface area contributed by atoms with Crippen molar-refractivity contribution in [3.8, 4) is 0 Å². The van der Waals surface area contributed by atoms with Gasteiger partial charge in [0.2, 0.25) is 5.91 Å². The number of halogens is 2. The largest absolute Gasteiger partial charge is 0.315 e. The van der Waals surface area contributed by atoms with E-state index in [0.717, 1.165) is 12.1 Å². The number of rotatable bonds is 3. The first-order valence-corrected chi connectivity index (χ1v) is 6.65. The number of aryl methyl sites for hydroxylation is 1. The molecule has 0 saturated carbocycles. The van der Waals surface area contributed by atoms with Crippen LogP contribution in [0.3, 0.4) is 0 Å². The van der Waals surface area contributed by atoms with E-state index in [9.17, 15) is 4.79 Å². The van der Waals surface area contributed by atoms with Crippen LogP contribution in [-0.4, -0.2) is 33.8 Å². The van der Waals surface area contributed by atoms with Gasteiger partial charge in [0.1, 0.15) is 5.82 Å². The molecule has 1 amide bonds. The number of hydrogen-bond donors (Lipinski definition) is 2. The maximum absolute atomic E-state index is 12.4. The molecule has 0 unspecified atom stereocenters. The van der Waals surface area contributed by atoms with Crippen LogP contribution in [0, 0.1) is 5.92 Å². The Morgan fingerprint density at radius 3 is 2.82 bits per heavy atom. The van der Waals surface area contributed by atoms with Gasteiger partial charge < -0.3 is 10.6 Å². The van der Waals surface area contributed by atoms with Crippen LogP contribution in [0.2, 0.25) is 0 Å². The van der Waals surface area contributed by atoms with E-state index in [1.807, 2.05) is 31.6 Å². The molecule has 1 saturated heterocycles. The normalized spacial score (nSPS) is 19.9. The van der Waals surface area contributed by atoms with Gasteiger partial charge in [0.05, 0.1) is 12.1 Å². The summed E-state index contributed by atoms with van der Waals surface area (Å²) in [6.45, 7) is 1.48. The molecular weight excluding hydrogens is 325 g/mol. The van der Waals surface area contributed by atoms with Gasteiger partial charge in [0.25, 0.3) is 0 Å². The van der Waals surface area contributed by atoms with E-state index in [0.29, 0.717) is 12.4 Å². The molecule has 120 valence electrons. The minimum absolute atomic E-state index is 0. The Hall–Kier alpha value is -1.63. The van der Waals surface area contributed by atoms with Gasteiger partial charge in [-0.1, -0.05) is 6.07 Å². The molecule has 2 aromatic rings. The third-order valence-electron chi connectivity index (χ3n) is 3.62. The van der Waals surface area contributed by atoms with Crippen molar-refractivity contribution in [2.45, 2.75) is 5.92 Å². The average Bonchev–Trinajstić information content (AvgIpc) is 3.08. The number of carbonyl (C=O) groups is 1. The van der Waals surface area contributed by atoms with Crippen molar-refractivity contribution in [1.29, 1.82) is 0 Å². The minimum atomic E-state index is -0.0961. The standard InChI is InChI=1S/C14H17N5O.2ClH/c1-19-9-10(6-17-19)11-7-15-8-12(11)14(20)18-13-4-2-3-5-16-13;;/h2-6,9,11-12,15H,7-8H2,1H3,(H,16,18,20);2*1H/t11-,12+;;/m1../s1. The highest BCUT2D eigenvalue weighted by molar-refractivity contribution is 5.92. The second-order valence-corrected chi connectivity index (χ2v) is 5.02. The Kier molecular flexibility index (Phi) is 6.80. The van der Waals surface area contributed by atoms with E-state index < -0.39 is 0 Å². The molecule has 3 heterocycles. The summed E-state index contributed by atoms with van der Waals surface area (Å²) < 4.78 is 1.77. The monoisotopic (exact) mass is 343 g/mol. The van der Waals surface area contributed by atoms with E-state index in [1.165, 1.54) is 0 Å². The van der Waals surface area contributed by atoms with E-state index in [-0.39, 0.29) is 42.6 Å². The maximum atomic E-state index is 12.4. The molecule has 0 spiro atoms. The number of carbonyl (C=O) groups excluding carboxylic acids is 1. The topological polar surface area (TPSA) is 71.8 Å². The number of pyridine rings is 1. The van der Waals surface area contributed by atoms with Crippen molar-refractivity contribution < 1.29 is 4.79 Å². The Labute approximate surface area is 141 Å². The lowest BCUT2D eigenvalue weighted by Gasteiger charge is -2.16. The summed E-state index contributed by atoms with van der Waals surface area (Å²) >= 11 is 0. The fraction of sp³-hybridized carbons (Fsp3) is 0.357. The van der Waals surface area contributed by atoms with Crippen molar-refractivity contribution in [3.63, 3.8) is 0 Å². The van der Waals surface area contributed by atoms with Crippen LogP contribution in [0.5, 0.6) is 0 Å². The van der Waals surface area contributed by atoms with E-state index in [4.69, 9.17) is 0 Å². The van der Waals surface area contributed by atoms with Gasteiger partial charge in [-0.15, -0.1) is 24.8 Å². The Morgan fingerprint density at radius 2 is 2.18 bits per heavy atom. The molecule has 0 bridgehead atoms. The molecule has 1 aliphatic rings. The summed E-state index contributed by atoms with van der Waals surface area (Å²) in [5.41, 5.74) is 1.10. The van der Waals surface area contributed by atoms with Crippen LogP contribution in [0.15, 0.2) is 36.8 Å². The second kappa shape index (κ2) is 8.12. The van der Waals surface area contributed by atoms with Crippen molar-refractivity contribution in [3.05, 3.63) is 42.4 Å². The molecule has 1 fully saturated rings. The van der Waals surface area contributed by atoms with Crippen LogP contribution in [-0.2, 0) is 11.8 Å². The predicted molar refractivity (Wildman–Crippen MR) is 89.7 cm³/mol. The van der Waals surface area contributed by atoms with E-state index >= 15 is 0 Å². The summed E-state index contributed by atoms with van der Waals surface area (Å²) in [6.07, 6.45) is 5.47. The number of hydrogen-bond acceptors (Lipinski definition) is 4. The molecule has 0 aromatic carbocycles. The summed E-state index contributed by atoms with van der Waals surface area (Å²) in [4.78, 5) is 16.5. The van der Waals surface area contributed by atoms with Gasteiger partial charge >= 0.3 is 0 Å². The van der Waals surface area contributed by atoms with Crippen LogP contribution < -0.4 is 10.6 Å². The molecule has 1 aliphatic heterocycles. The lowest BCUT2D eigenvalue weighted by molar-refractivity contribution is -0.119. The summed E-state index contributed by atoms with van der Waals surface area (Å²) in [5, 5.41) is 10.3. The Bertz CT molecular complexity index is 604. The molecule has 8 heteroatoms. The quantitative estimate of drug-likeness (QED) is 0.887. The first kappa shape index (κ1) is 18.4. The predicted octanol–water partition coefficient (Wildman–Crippen LogP) is 1.60. The van der Waals surface area contributed by atoms with Gasteiger partial charge in [-0.2, -0.15) is 5.10 Å². The summed E-state index contributed by atoms with van der Waals surface area (Å²) in [7, 11) is 1.88. The molecular formula is C14H19Cl2N5O. The van der Waals surface area contributed by atoms with Crippen molar-refractivity contribution in [2.75, 3.05) is 18.4 Å². The van der Waals surface area contributed by atoms with Crippen LogP contribution in [0.1, 0.15) is 11.5 Å². The number of anilines is 1. The molecule has 0 radical (unpaired) electrons. The number of nitrogens with zero attached hydrogens (tertiary/aromatic N) is 3. The van der Waals surface area contributed by atoms with Crippen molar-refractivity contribution >= 4 is 36.5 Å². The van der Waals surface area contributed by atoms with Gasteiger partial charge in [-0.25, -0.2) is 4.98 Å². The summed E-state index contributed by atoms with van der Waals surface area (Å²) in [5.74, 6) is 0.658. The lowest BCUT2D eigenvalue weighted by Crippen LogP contribution is -2.28. The first-order valence-electron chi connectivity index (χ1n) is 6.65. The first-order chi connectivity index (χ1) is 9.74.